The van der Waals surface area contributed by atoms with Gasteiger partial charge in [-0.15, -0.1) is 0 Å². The lowest BCUT2D eigenvalue weighted by Crippen LogP contribution is -2.28. The summed E-state index contributed by atoms with van der Waals surface area (Å²) in [5, 5.41) is 2.12. The van der Waals surface area contributed by atoms with Gasteiger partial charge in [-0.3, -0.25) is 9.59 Å². The van der Waals surface area contributed by atoms with E-state index in [1.54, 1.807) is 0 Å². The lowest BCUT2D eigenvalue weighted by molar-refractivity contribution is -0.147. The van der Waals surface area contributed by atoms with Gasteiger partial charge >= 0.3 is 12.6 Å². The van der Waals surface area contributed by atoms with Crippen molar-refractivity contribution in [2.75, 3.05) is 18.5 Å². The number of carbonyl (C=O) groups is 2. The molecule has 2 N–H and O–H groups in total. The van der Waals surface area contributed by atoms with Gasteiger partial charge in [-0.1, -0.05) is 11.6 Å². The second kappa shape index (κ2) is 11.1. The Labute approximate surface area is 184 Å². The van der Waals surface area contributed by atoms with Gasteiger partial charge in [0.15, 0.2) is 18.2 Å². The molecule has 0 radical (unpaired) electrons. The summed E-state index contributed by atoms with van der Waals surface area (Å²) in [4.78, 5) is 22.9. The van der Waals surface area contributed by atoms with Crippen LogP contribution < -0.4 is 14.8 Å². The van der Waals surface area contributed by atoms with E-state index in [9.17, 15) is 35.6 Å². The molecule has 0 aliphatic carbocycles. The van der Waals surface area contributed by atoms with Crippen LogP contribution in [0.15, 0.2) is 41.3 Å². The highest BCUT2D eigenvalue weighted by atomic mass is 35.5. The van der Waals surface area contributed by atoms with Crippen molar-refractivity contribution in [1.29, 1.82) is 0 Å². The molecule has 2 rings (SSSR count). The van der Waals surface area contributed by atoms with Gasteiger partial charge in [0.1, 0.15) is 5.75 Å². The van der Waals surface area contributed by atoms with Gasteiger partial charge in [0.25, 0.3) is 5.91 Å². The number of hydrogen-bond acceptors (Lipinski definition) is 6. The first-order chi connectivity index (χ1) is 15.0. The van der Waals surface area contributed by atoms with Gasteiger partial charge in [-0.05, 0) is 36.4 Å². The van der Waals surface area contributed by atoms with Crippen molar-refractivity contribution >= 4 is 39.2 Å². The minimum atomic E-state index is -4.20. The lowest BCUT2D eigenvalue weighted by atomic mass is 10.3. The average molecular weight is 499 g/mol. The van der Waals surface area contributed by atoms with Crippen molar-refractivity contribution in [3.05, 3.63) is 53.1 Å². The van der Waals surface area contributed by atoms with Crippen LogP contribution in [0.4, 0.5) is 23.2 Å². The summed E-state index contributed by atoms with van der Waals surface area (Å²) < 4.78 is 85.2. The highest BCUT2D eigenvalue weighted by Gasteiger charge is 2.17. The van der Waals surface area contributed by atoms with E-state index in [2.05, 4.69) is 14.8 Å². The summed E-state index contributed by atoms with van der Waals surface area (Å²) in [6.45, 7) is -4.22. The van der Waals surface area contributed by atoms with Crippen molar-refractivity contribution in [3.8, 4) is 5.75 Å². The molecular formula is C18H15ClF4N2O6S. The Kier molecular flexibility index (Phi) is 8.80. The average Bonchev–Trinajstić information content (AvgIpc) is 2.70. The highest BCUT2D eigenvalue weighted by Crippen LogP contribution is 2.28. The van der Waals surface area contributed by atoms with E-state index in [0.717, 1.165) is 18.2 Å². The Bertz CT molecular complexity index is 1100. The standard InChI is InChI=1S/C18H15ClF4N2O6S/c19-12-7-10(1-4-15(12)31-18(22)23)25-16(26)9-30-17(27)5-6-24-32(28,29)11-2-3-13(20)14(21)8-11/h1-4,7-8,18,24H,5-6,9H2,(H,25,26). The first kappa shape index (κ1) is 25.4. The number of carbonyl (C=O) groups excluding carboxylic acids is 2. The fourth-order valence-corrected chi connectivity index (χ4v) is 3.47. The number of anilines is 1. The number of sulfonamides is 1. The molecule has 0 heterocycles. The van der Waals surface area contributed by atoms with Crippen LogP contribution >= 0.6 is 11.6 Å². The van der Waals surface area contributed by atoms with Crippen molar-refractivity contribution in [2.45, 2.75) is 17.9 Å². The van der Waals surface area contributed by atoms with Crippen LogP contribution in [0.3, 0.4) is 0 Å². The molecule has 2 aromatic rings. The second-order valence-corrected chi connectivity index (χ2v) is 8.13. The van der Waals surface area contributed by atoms with E-state index < -0.39 is 64.6 Å². The van der Waals surface area contributed by atoms with Crippen LogP contribution in [0.5, 0.6) is 5.75 Å². The van der Waals surface area contributed by atoms with Crippen LogP contribution in [0, 0.1) is 11.6 Å². The van der Waals surface area contributed by atoms with Crippen LogP contribution in [-0.4, -0.2) is 40.1 Å². The molecule has 0 aliphatic heterocycles. The number of hydrogen-bond donors (Lipinski definition) is 2. The molecule has 174 valence electrons. The second-order valence-electron chi connectivity index (χ2n) is 5.96. The van der Waals surface area contributed by atoms with E-state index in [1.165, 1.54) is 6.07 Å². The van der Waals surface area contributed by atoms with Crippen LogP contribution in [0.2, 0.25) is 5.02 Å². The Morgan fingerprint density at radius 1 is 1.06 bits per heavy atom. The zero-order valence-corrected chi connectivity index (χ0v) is 17.5. The summed E-state index contributed by atoms with van der Waals surface area (Å²) in [6.07, 6.45) is -0.457. The number of ether oxygens (including phenoxy) is 2. The maximum Gasteiger partial charge on any atom is 0.387 e. The number of amides is 1. The van der Waals surface area contributed by atoms with E-state index in [0.29, 0.717) is 12.1 Å². The summed E-state index contributed by atoms with van der Waals surface area (Å²) in [5.41, 5.74) is 0.122. The number of halogens is 5. The fourth-order valence-electron chi connectivity index (χ4n) is 2.20. The number of nitrogens with one attached hydrogen (secondary N) is 2. The summed E-state index contributed by atoms with van der Waals surface area (Å²) in [6, 6.07) is 5.46. The minimum absolute atomic E-state index is 0.122. The predicted molar refractivity (Wildman–Crippen MR) is 104 cm³/mol. The number of alkyl halides is 2. The largest absolute Gasteiger partial charge is 0.456 e. The van der Waals surface area contributed by atoms with Crippen LogP contribution in [0.1, 0.15) is 6.42 Å². The van der Waals surface area contributed by atoms with Crippen molar-refractivity contribution < 1.29 is 45.0 Å². The lowest BCUT2D eigenvalue weighted by Gasteiger charge is -2.10. The molecule has 0 unspecified atom stereocenters. The van der Waals surface area contributed by atoms with Gasteiger partial charge in [-0.2, -0.15) is 8.78 Å². The Morgan fingerprint density at radius 2 is 1.78 bits per heavy atom. The molecule has 0 fully saturated rings. The molecule has 32 heavy (non-hydrogen) atoms. The predicted octanol–water partition coefficient (Wildman–Crippen LogP) is 3.07. The molecular weight excluding hydrogens is 484 g/mol. The van der Waals surface area contributed by atoms with E-state index in [1.807, 2.05) is 4.72 Å². The molecule has 0 bridgehead atoms. The molecule has 14 heteroatoms. The molecule has 0 saturated heterocycles. The van der Waals surface area contributed by atoms with E-state index in [4.69, 9.17) is 11.6 Å². The molecule has 8 nitrogen and oxygen atoms in total. The normalized spacial score (nSPS) is 11.3. The first-order valence-electron chi connectivity index (χ1n) is 8.62. The Hall–Kier alpha value is -2.90. The summed E-state index contributed by atoms with van der Waals surface area (Å²) >= 11 is 5.75. The third-order valence-electron chi connectivity index (χ3n) is 3.62. The quantitative estimate of drug-likeness (QED) is 0.385. The van der Waals surface area contributed by atoms with Crippen molar-refractivity contribution in [3.63, 3.8) is 0 Å². The van der Waals surface area contributed by atoms with Gasteiger partial charge in [0.05, 0.1) is 16.3 Å². The number of rotatable bonds is 10. The molecule has 0 atom stereocenters. The van der Waals surface area contributed by atoms with Crippen LogP contribution in [0.25, 0.3) is 0 Å². The molecule has 1 amide bonds. The van der Waals surface area contributed by atoms with Crippen LogP contribution in [-0.2, 0) is 24.3 Å². The summed E-state index contributed by atoms with van der Waals surface area (Å²) in [7, 11) is -4.20. The smallest absolute Gasteiger partial charge is 0.387 e. The third-order valence-corrected chi connectivity index (χ3v) is 5.37. The zero-order chi connectivity index (χ0) is 23.9. The topological polar surface area (TPSA) is 111 Å². The van der Waals surface area contributed by atoms with Gasteiger partial charge in [0, 0.05) is 12.2 Å². The first-order valence-corrected chi connectivity index (χ1v) is 10.5. The van der Waals surface area contributed by atoms with E-state index in [-0.39, 0.29) is 16.5 Å². The SMILES string of the molecule is O=C(COC(=O)CCNS(=O)(=O)c1ccc(F)c(F)c1)Nc1ccc(OC(F)F)c(Cl)c1. The number of benzene rings is 2. The molecule has 2 aromatic carbocycles. The van der Waals surface area contributed by atoms with Gasteiger partial charge in [0.2, 0.25) is 10.0 Å². The summed E-state index contributed by atoms with van der Waals surface area (Å²) in [5.74, 6) is -4.57. The van der Waals surface area contributed by atoms with Crippen molar-refractivity contribution in [1.82, 2.24) is 4.72 Å². The van der Waals surface area contributed by atoms with Gasteiger partial charge in [-0.25, -0.2) is 21.9 Å². The molecule has 0 spiro atoms. The molecule has 0 aromatic heterocycles. The van der Waals surface area contributed by atoms with Gasteiger partial charge < -0.3 is 14.8 Å². The monoisotopic (exact) mass is 498 g/mol. The van der Waals surface area contributed by atoms with Crippen molar-refractivity contribution in [2.24, 2.45) is 0 Å². The third kappa shape index (κ3) is 7.66. The Balaban J connectivity index is 1.77. The molecule has 0 aliphatic rings. The fraction of sp³-hybridized carbons (Fsp3) is 0.222. The minimum Gasteiger partial charge on any atom is -0.456 e. The number of esters is 1. The maximum absolute atomic E-state index is 13.2. The maximum atomic E-state index is 13.2. The zero-order valence-electron chi connectivity index (χ0n) is 15.9. The Morgan fingerprint density at radius 3 is 2.41 bits per heavy atom. The van der Waals surface area contributed by atoms with E-state index >= 15 is 0 Å². The highest BCUT2D eigenvalue weighted by molar-refractivity contribution is 7.89. The molecule has 0 saturated carbocycles.